The smallest absolute Gasteiger partial charge is 0.329 e. The highest BCUT2D eigenvalue weighted by atomic mass is 35.5. The molecule has 0 atom stereocenters. The minimum atomic E-state index is 0. The average molecular weight is 414 g/mol. The van der Waals surface area contributed by atoms with Crippen LogP contribution in [-0.4, -0.2) is 19.3 Å². The highest BCUT2D eigenvalue weighted by Gasteiger charge is 2.14. The van der Waals surface area contributed by atoms with Gasteiger partial charge in [0, 0.05) is 31.6 Å². The molecule has 0 aliphatic heterocycles. The number of para-hydroxylation sites is 2. The van der Waals surface area contributed by atoms with Crippen molar-refractivity contribution in [3.8, 4) is 11.4 Å². The van der Waals surface area contributed by atoms with Crippen LogP contribution in [0.5, 0.6) is 0 Å². The minimum absolute atomic E-state index is 0. The molecular weight excluding hydrogens is 390 g/mol. The van der Waals surface area contributed by atoms with Crippen LogP contribution in [0.1, 0.15) is 24.8 Å². The molecule has 0 spiro atoms. The van der Waals surface area contributed by atoms with Crippen LogP contribution in [0, 0.1) is 0 Å². The average Bonchev–Trinajstić information content (AvgIpc) is 3.31. The molecule has 2 aromatic heterocycles. The van der Waals surface area contributed by atoms with E-state index in [1.807, 2.05) is 53.1 Å². The van der Waals surface area contributed by atoms with E-state index < -0.39 is 0 Å². The van der Waals surface area contributed by atoms with Crippen molar-refractivity contribution in [2.24, 2.45) is 5.73 Å². The van der Waals surface area contributed by atoms with E-state index in [9.17, 15) is 4.79 Å². The molecule has 0 saturated heterocycles. The van der Waals surface area contributed by atoms with Crippen LogP contribution in [-0.2, 0) is 26.1 Å². The van der Waals surface area contributed by atoms with Gasteiger partial charge in [-0.1, -0.05) is 48.5 Å². The highest BCUT2D eigenvalue weighted by Crippen LogP contribution is 2.18. The molecule has 0 saturated carbocycles. The fourth-order valence-electron chi connectivity index (χ4n) is 3.40. The van der Waals surface area contributed by atoms with Gasteiger partial charge in [0.2, 0.25) is 11.7 Å². The number of aromatic nitrogens is 4. The summed E-state index contributed by atoms with van der Waals surface area (Å²) in [6, 6.07) is 15.6. The lowest BCUT2D eigenvalue weighted by Gasteiger charge is -2.00. The van der Waals surface area contributed by atoms with Crippen LogP contribution in [0.15, 0.2) is 57.8 Å². The molecule has 0 unspecified atom stereocenters. The van der Waals surface area contributed by atoms with Gasteiger partial charge in [-0.15, -0.1) is 12.4 Å². The molecule has 0 aliphatic carbocycles. The molecule has 4 rings (SSSR count). The van der Waals surface area contributed by atoms with Crippen molar-refractivity contribution < 1.29 is 4.52 Å². The fraction of sp³-hybridized carbons (Fsp3) is 0.286. The second kappa shape index (κ2) is 9.07. The zero-order valence-corrected chi connectivity index (χ0v) is 17.1. The van der Waals surface area contributed by atoms with Crippen molar-refractivity contribution in [3.05, 3.63) is 70.5 Å². The Morgan fingerprint density at radius 2 is 1.66 bits per heavy atom. The summed E-state index contributed by atoms with van der Waals surface area (Å²) in [5, 5.41) is 4.06. The number of nitrogens with two attached hydrogens (primary N) is 1. The topological polar surface area (TPSA) is 91.9 Å². The fourth-order valence-corrected chi connectivity index (χ4v) is 3.40. The molecule has 2 N–H and O–H groups in total. The Labute approximate surface area is 174 Å². The summed E-state index contributed by atoms with van der Waals surface area (Å²) in [6.45, 7) is 3.76. The van der Waals surface area contributed by atoms with Gasteiger partial charge in [-0.25, -0.2) is 4.79 Å². The number of hydrogen-bond donors (Lipinski definition) is 1. The summed E-state index contributed by atoms with van der Waals surface area (Å²) < 4.78 is 9.01. The van der Waals surface area contributed by atoms with Crippen molar-refractivity contribution in [2.45, 2.75) is 39.4 Å². The maximum Gasteiger partial charge on any atom is 0.329 e. The van der Waals surface area contributed by atoms with Gasteiger partial charge in [0.05, 0.1) is 11.0 Å². The third-order valence-electron chi connectivity index (χ3n) is 4.84. The molecule has 7 nitrogen and oxygen atoms in total. The van der Waals surface area contributed by atoms with Crippen LogP contribution in [0.4, 0.5) is 0 Å². The molecule has 0 amide bonds. The molecule has 4 aromatic rings. The number of imidazole rings is 1. The van der Waals surface area contributed by atoms with E-state index in [4.69, 9.17) is 10.3 Å². The van der Waals surface area contributed by atoms with Gasteiger partial charge < -0.3 is 10.3 Å². The Kier molecular flexibility index (Phi) is 6.51. The predicted octanol–water partition coefficient (Wildman–Crippen LogP) is 3.39. The maximum absolute atomic E-state index is 12.8. The van der Waals surface area contributed by atoms with Crippen molar-refractivity contribution >= 4 is 23.4 Å². The number of nitrogens with zero attached hydrogens (tertiary/aromatic N) is 4. The molecule has 2 aromatic carbocycles. The summed E-state index contributed by atoms with van der Waals surface area (Å²) in [6.07, 6.45) is 1.40. The van der Waals surface area contributed by atoms with Gasteiger partial charge in [-0.2, -0.15) is 4.98 Å². The predicted molar refractivity (Wildman–Crippen MR) is 115 cm³/mol. The SMILES string of the molecule is CCCn1c(=O)n(CCc2nc(-c3ccc(CN)cc3)no2)c2ccccc21.Cl. The van der Waals surface area contributed by atoms with Crippen LogP contribution >= 0.6 is 12.4 Å². The van der Waals surface area contributed by atoms with E-state index in [1.165, 1.54) is 0 Å². The van der Waals surface area contributed by atoms with Crippen molar-refractivity contribution in [1.82, 2.24) is 19.3 Å². The van der Waals surface area contributed by atoms with E-state index in [2.05, 4.69) is 17.1 Å². The molecule has 2 heterocycles. The van der Waals surface area contributed by atoms with Gasteiger partial charge >= 0.3 is 5.69 Å². The standard InChI is InChI=1S/C21H23N5O2.ClH/c1-2-12-25-17-5-3-4-6-18(17)26(21(25)27)13-11-19-23-20(24-28-19)16-9-7-15(14-22)8-10-16;/h3-10H,2,11-14,22H2,1H3;1H. The second-order valence-corrected chi connectivity index (χ2v) is 6.74. The Hall–Kier alpha value is -2.90. The summed E-state index contributed by atoms with van der Waals surface area (Å²) in [7, 11) is 0. The summed E-state index contributed by atoms with van der Waals surface area (Å²) in [5.74, 6) is 1.05. The van der Waals surface area contributed by atoms with E-state index in [0.717, 1.165) is 28.6 Å². The lowest BCUT2D eigenvalue weighted by molar-refractivity contribution is 0.372. The molecule has 29 heavy (non-hydrogen) atoms. The first kappa shape index (κ1) is 20.8. The zero-order chi connectivity index (χ0) is 19.5. The summed E-state index contributed by atoms with van der Waals surface area (Å²) >= 11 is 0. The third kappa shape index (κ3) is 4.11. The summed E-state index contributed by atoms with van der Waals surface area (Å²) in [4.78, 5) is 17.3. The minimum Gasteiger partial charge on any atom is -0.339 e. The van der Waals surface area contributed by atoms with Gasteiger partial charge in [0.1, 0.15) is 0 Å². The quantitative estimate of drug-likeness (QED) is 0.501. The van der Waals surface area contributed by atoms with Gasteiger partial charge in [-0.3, -0.25) is 9.13 Å². The first-order chi connectivity index (χ1) is 13.7. The Balaban J connectivity index is 0.00000240. The van der Waals surface area contributed by atoms with Crippen molar-refractivity contribution in [3.63, 3.8) is 0 Å². The maximum atomic E-state index is 12.8. The molecule has 0 fully saturated rings. The van der Waals surface area contributed by atoms with E-state index in [0.29, 0.717) is 37.8 Å². The number of halogens is 1. The largest absolute Gasteiger partial charge is 0.339 e. The zero-order valence-electron chi connectivity index (χ0n) is 16.2. The van der Waals surface area contributed by atoms with Gasteiger partial charge in [0.15, 0.2) is 0 Å². The van der Waals surface area contributed by atoms with Crippen LogP contribution in [0.2, 0.25) is 0 Å². The normalized spacial score (nSPS) is 11.0. The van der Waals surface area contributed by atoms with Crippen LogP contribution in [0.3, 0.4) is 0 Å². The number of hydrogen-bond acceptors (Lipinski definition) is 5. The molecule has 152 valence electrons. The Bertz CT molecular complexity index is 1140. The van der Waals surface area contributed by atoms with Crippen LogP contribution in [0.25, 0.3) is 22.4 Å². The first-order valence-corrected chi connectivity index (χ1v) is 9.51. The number of rotatable bonds is 7. The second-order valence-electron chi connectivity index (χ2n) is 6.74. The lowest BCUT2D eigenvalue weighted by atomic mass is 10.1. The third-order valence-corrected chi connectivity index (χ3v) is 4.84. The van der Waals surface area contributed by atoms with Crippen molar-refractivity contribution in [1.29, 1.82) is 0 Å². The van der Waals surface area contributed by atoms with Crippen LogP contribution < -0.4 is 11.4 Å². The van der Waals surface area contributed by atoms with E-state index in [1.54, 1.807) is 4.57 Å². The Morgan fingerprint density at radius 1 is 1.00 bits per heavy atom. The lowest BCUT2D eigenvalue weighted by Crippen LogP contribution is -2.25. The molecule has 0 radical (unpaired) electrons. The van der Waals surface area contributed by atoms with Gasteiger partial charge in [-0.05, 0) is 24.1 Å². The monoisotopic (exact) mass is 413 g/mol. The number of fused-ring (bicyclic) bond motifs is 1. The summed E-state index contributed by atoms with van der Waals surface area (Å²) in [5.41, 5.74) is 9.45. The van der Waals surface area contributed by atoms with E-state index >= 15 is 0 Å². The molecular formula is C21H24ClN5O2. The highest BCUT2D eigenvalue weighted by molar-refractivity contribution is 5.85. The van der Waals surface area contributed by atoms with E-state index in [-0.39, 0.29) is 18.1 Å². The Morgan fingerprint density at radius 3 is 2.28 bits per heavy atom. The molecule has 0 aliphatic rings. The number of aryl methyl sites for hydroxylation is 3. The molecule has 0 bridgehead atoms. The first-order valence-electron chi connectivity index (χ1n) is 9.51. The molecule has 8 heteroatoms. The van der Waals surface area contributed by atoms with Gasteiger partial charge in [0.25, 0.3) is 0 Å². The van der Waals surface area contributed by atoms with Crippen molar-refractivity contribution in [2.75, 3.05) is 0 Å². The number of benzene rings is 2.